The maximum absolute atomic E-state index is 12.6. The highest BCUT2D eigenvalue weighted by Gasteiger charge is 2.39. The van der Waals surface area contributed by atoms with Crippen LogP contribution in [0.3, 0.4) is 0 Å². The van der Waals surface area contributed by atoms with Crippen molar-refractivity contribution >= 4 is 16.0 Å². The van der Waals surface area contributed by atoms with E-state index in [-0.39, 0.29) is 30.2 Å². The summed E-state index contributed by atoms with van der Waals surface area (Å²) in [5, 5.41) is 8.86. The van der Waals surface area contributed by atoms with Gasteiger partial charge in [0.05, 0.1) is 36.9 Å². The highest BCUT2D eigenvalue weighted by atomic mass is 32.2. The topological polar surface area (TPSA) is 96.7 Å². The number of esters is 1. The standard InChI is InChI=1S/C13H14N2O5S/c1-19-13(16)12-9-20-6-5-15(12)21(17,18)11-4-2-3-10(7-11)8-14/h2-4,7,12H,5-6,9H2,1H3. The van der Waals surface area contributed by atoms with E-state index in [1.165, 1.54) is 31.4 Å². The van der Waals surface area contributed by atoms with Crippen LogP contribution < -0.4 is 0 Å². The second-order valence-corrected chi connectivity index (χ2v) is 6.26. The van der Waals surface area contributed by atoms with Crippen molar-refractivity contribution in [3.05, 3.63) is 29.8 Å². The fourth-order valence-corrected chi connectivity index (χ4v) is 3.65. The summed E-state index contributed by atoms with van der Waals surface area (Å²) in [6, 6.07) is 6.53. The molecule has 1 aromatic rings. The first kappa shape index (κ1) is 15.4. The molecular formula is C13H14N2O5S. The van der Waals surface area contributed by atoms with Crippen molar-refractivity contribution in [1.82, 2.24) is 4.31 Å². The third-order valence-electron chi connectivity index (χ3n) is 3.12. The molecule has 0 saturated carbocycles. The molecule has 0 aliphatic carbocycles. The van der Waals surface area contributed by atoms with Gasteiger partial charge in [-0.2, -0.15) is 9.57 Å². The Kier molecular flexibility index (Phi) is 4.57. The zero-order chi connectivity index (χ0) is 15.5. The Labute approximate surface area is 122 Å². The quantitative estimate of drug-likeness (QED) is 0.736. The normalized spacial score (nSPS) is 19.7. The summed E-state index contributed by atoms with van der Waals surface area (Å²) >= 11 is 0. The van der Waals surface area contributed by atoms with Gasteiger partial charge in [-0.3, -0.25) is 4.79 Å². The van der Waals surface area contributed by atoms with Crippen molar-refractivity contribution in [3.63, 3.8) is 0 Å². The smallest absolute Gasteiger partial charge is 0.326 e. The van der Waals surface area contributed by atoms with Gasteiger partial charge in [0, 0.05) is 6.54 Å². The third kappa shape index (κ3) is 3.05. The number of carbonyl (C=O) groups is 1. The van der Waals surface area contributed by atoms with Crippen molar-refractivity contribution in [2.45, 2.75) is 10.9 Å². The van der Waals surface area contributed by atoms with Crippen LogP contribution in [0, 0.1) is 11.3 Å². The lowest BCUT2D eigenvalue weighted by molar-refractivity contribution is -0.149. The summed E-state index contributed by atoms with van der Waals surface area (Å²) < 4.78 is 36.1. The van der Waals surface area contributed by atoms with E-state index in [0.29, 0.717) is 0 Å². The van der Waals surface area contributed by atoms with Gasteiger partial charge < -0.3 is 9.47 Å². The number of hydrogen-bond donors (Lipinski definition) is 0. The average Bonchev–Trinajstić information content (AvgIpc) is 2.54. The summed E-state index contributed by atoms with van der Waals surface area (Å²) in [5.41, 5.74) is 0.235. The molecule has 1 aliphatic heterocycles. The minimum atomic E-state index is -3.90. The van der Waals surface area contributed by atoms with E-state index >= 15 is 0 Å². The molecule has 1 aromatic carbocycles. The molecule has 0 bridgehead atoms. The van der Waals surface area contributed by atoms with Crippen LogP contribution in [0.2, 0.25) is 0 Å². The Bertz CT molecular complexity index is 680. The van der Waals surface area contributed by atoms with E-state index in [0.717, 1.165) is 4.31 Å². The first-order valence-corrected chi connectivity index (χ1v) is 7.62. The highest BCUT2D eigenvalue weighted by Crippen LogP contribution is 2.22. The summed E-state index contributed by atoms with van der Waals surface area (Å²) in [7, 11) is -2.71. The monoisotopic (exact) mass is 310 g/mol. The number of morpholine rings is 1. The number of rotatable bonds is 3. The van der Waals surface area contributed by atoms with Crippen molar-refractivity contribution in [1.29, 1.82) is 5.26 Å². The number of nitriles is 1. The van der Waals surface area contributed by atoms with Crippen LogP contribution in [-0.2, 0) is 24.3 Å². The lowest BCUT2D eigenvalue weighted by Crippen LogP contribution is -2.52. The molecule has 0 aromatic heterocycles. The molecule has 7 nitrogen and oxygen atoms in total. The summed E-state index contributed by atoms with van der Waals surface area (Å²) in [5.74, 6) is -0.672. The maximum atomic E-state index is 12.6. The predicted octanol–water partition coefficient (Wildman–Crippen LogP) is 0.121. The van der Waals surface area contributed by atoms with Gasteiger partial charge in [0.15, 0.2) is 0 Å². The minimum absolute atomic E-state index is 0.0302. The van der Waals surface area contributed by atoms with Crippen molar-refractivity contribution in [2.24, 2.45) is 0 Å². The lowest BCUT2D eigenvalue weighted by Gasteiger charge is -2.32. The third-order valence-corrected chi connectivity index (χ3v) is 5.03. The van der Waals surface area contributed by atoms with Gasteiger partial charge in [0.2, 0.25) is 10.0 Å². The van der Waals surface area contributed by atoms with E-state index in [4.69, 9.17) is 10.00 Å². The fraction of sp³-hybridized carbons (Fsp3) is 0.385. The molecule has 1 aliphatic rings. The molecule has 0 spiro atoms. The molecule has 0 N–H and O–H groups in total. The van der Waals surface area contributed by atoms with Gasteiger partial charge in [-0.1, -0.05) is 6.07 Å². The van der Waals surface area contributed by atoms with Crippen LogP contribution >= 0.6 is 0 Å². The zero-order valence-electron chi connectivity index (χ0n) is 11.4. The van der Waals surface area contributed by atoms with Gasteiger partial charge in [0.1, 0.15) is 6.04 Å². The van der Waals surface area contributed by atoms with Gasteiger partial charge >= 0.3 is 5.97 Å². The second kappa shape index (κ2) is 6.22. The molecule has 1 atom stereocenters. The average molecular weight is 310 g/mol. The van der Waals surface area contributed by atoms with E-state index in [1.54, 1.807) is 0 Å². The summed E-state index contributed by atoms with van der Waals surface area (Å²) in [6.07, 6.45) is 0. The van der Waals surface area contributed by atoms with Crippen molar-refractivity contribution < 1.29 is 22.7 Å². The number of methoxy groups -OCH3 is 1. The van der Waals surface area contributed by atoms with Crippen molar-refractivity contribution in [3.8, 4) is 6.07 Å². The Balaban J connectivity index is 2.40. The van der Waals surface area contributed by atoms with Crippen LogP contribution in [0.15, 0.2) is 29.2 Å². The van der Waals surface area contributed by atoms with Crippen LogP contribution in [0.5, 0.6) is 0 Å². The van der Waals surface area contributed by atoms with E-state index in [2.05, 4.69) is 4.74 Å². The number of carbonyl (C=O) groups excluding carboxylic acids is 1. The molecule has 2 rings (SSSR count). The van der Waals surface area contributed by atoms with E-state index in [1.807, 2.05) is 6.07 Å². The summed E-state index contributed by atoms with van der Waals surface area (Å²) in [4.78, 5) is 11.7. The van der Waals surface area contributed by atoms with Gasteiger partial charge in [-0.05, 0) is 18.2 Å². The second-order valence-electron chi connectivity index (χ2n) is 4.37. The van der Waals surface area contributed by atoms with Gasteiger partial charge in [-0.15, -0.1) is 0 Å². The molecule has 1 fully saturated rings. The Hall–Kier alpha value is -1.95. The van der Waals surface area contributed by atoms with Gasteiger partial charge in [0.25, 0.3) is 0 Å². The Morgan fingerprint density at radius 2 is 2.29 bits per heavy atom. The molecule has 8 heteroatoms. The van der Waals surface area contributed by atoms with Gasteiger partial charge in [-0.25, -0.2) is 8.42 Å². The first-order valence-electron chi connectivity index (χ1n) is 6.18. The molecule has 1 unspecified atom stereocenters. The van der Waals surface area contributed by atoms with Crippen molar-refractivity contribution in [2.75, 3.05) is 26.9 Å². The maximum Gasteiger partial charge on any atom is 0.326 e. The lowest BCUT2D eigenvalue weighted by atomic mass is 10.2. The zero-order valence-corrected chi connectivity index (χ0v) is 12.2. The molecule has 21 heavy (non-hydrogen) atoms. The summed E-state index contributed by atoms with van der Waals surface area (Å²) in [6.45, 7) is 0.202. The molecule has 0 amide bonds. The Morgan fingerprint density at radius 1 is 1.52 bits per heavy atom. The number of nitrogens with zero attached hydrogens (tertiary/aromatic N) is 2. The largest absolute Gasteiger partial charge is 0.468 e. The molecule has 1 saturated heterocycles. The molecule has 0 radical (unpaired) electrons. The SMILES string of the molecule is COC(=O)C1COCCN1S(=O)(=O)c1cccc(C#N)c1. The molecule has 112 valence electrons. The molecular weight excluding hydrogens is 296 g/mol. The molecule has 1 heterocycles. The highest BCUT2D eigenvalue weighted by molar-refractivity contribution is 7.89. The number of sulfonamides is 1. The Morgan fingerprint density at radius 3 is 2.95 bits per heavy atom. The minimum Gasteiger partial charge on any atom is -0.468 e. The van der Waals surface area contributed by atoms with E-state index in [9.17, 15) is 13.2 Å². The van der Waals surface area contributed by atoms with Crippen LogP contribution in [0.25, 0.3) is 0 Å². The number of hydrogen-bond acceptors (Lipinski definition) is 6. The van der Waals surface area contributed by atoms with Crippen LogP contribution in [0.1, 0.15) is 5.56 Å². The fourth-order valence-electron chi connectivity index (χ4n) is 2.06. The van der Waals surface area contributed by atoms with Crippen LogP contribution in [-0.4, -0.2) is 51.6 Å². The number of ether oxygens (including phenoxy) is 2. The predicted molar refractivity (Wildman–Crippen MR) is 71.7 cm³/mol. The first-order chi connectivity index (χ1) is 10.0. The number of benzene rings is 1. The van der Waals surface area contributed by atoms with E-state index < -0.39 is 22.0 Å². The van der Waals surface area contributed by atoms with Crippen LogP contribution in [0.4, 0.5) is 0 Å².